The van der Waals surface area contributed by atoms with E-state index in [0.29, 0.717) is 5.69 Å². The van der Waals surface area contributed by atoms with Gasteiger partial charge in [0.2, 0.25) is 0 Å². The molecular weight excluding hydrogens is 239 g/mol. The van der Waals surface area contributed by atoms with E-state index in [1.165, 1.54) is 30.1 Å². The van der Waals surface area contributed by atoms with Gasteiger partial charge in [0.15, 0.2) is 5.57 Å². The minimum atomic E-state index is -1.51. The van der Waals surface area contributed by atoms with Gasteiger partial charge in [-0.15, -0.1) is 0 Å². The lowest BCUT2D eigenvalue weighted by Crippen LogP contribution is -2.21. The molecular formula is C12H7FN2O3. The predicted octanol–water partition coefficient (Wildman–Crippen LogP) is 1.16. The second kappa shape index (κ2) is 3.96. The summed E-state index contributed by atoms with van der Waals surface area (Å²) in [5.41, 5.74) is -0.454. The van der Waals surface area contributed by atoms with Crippen molar-refractivity contribution in [2.45, 2.75) is 0 Å². The van der Waals surface area contributed by atoms with Crippen molar-refractivity contribution in [2.24, 2.45) is 0 Å². The quantitative estimate of drug-likeness (QED) is 0.595. The van der Waals surface area contributed by atoms with Crippen molar-refractivity contribution in [1.29, 1.82) is 5.26 Å². The van der Waals surface area contributed by atoms with Crippen molar-refractivity contribution >= 4 is 23.1 Å². The molecule has 18 heavy (non-hydrogen) atoms. The number of nitrogens with zero attached hydrogens (tertiary/aromatic N) is 2. The Balaban J connectivity index is 2.81. The smallest absolute Gasteiger partial charge is 0.347 e. The van der Waals surface area contributed by atoms with E-state index in [-0.39, 0.29) is 11.1 Å². The molecule has 0 spiro atoms. The van der Waals surface area contributed by atoms with Crippen molar-refractivity contribution in [3.8, 4) is 6.07 Å². The number of carbonyl (C=O) groups is 2. The Hall–Kier alpha value is -2.68. The molecule has 1 N–H and O–H groups in total. The number of likely N-dealkylation sites (N-methyl/N-ethyl adjacent to an activating group) is 1. The first-order valence-corrected chi connectivity index (χ1v) is 4.93. The molecule has 0 bridgehead atoms. The standard InChI is InChI=1S/C12H7FN2O3/c1-15-9-3-2-6(13)4-7(9)10(11(15)16)8(5-14)12(17)18/h2-4H,1H3,(H,17,18)/b10-8+. The molecule has 2 rings (SSSR count). The number of nitriles is 1. The van der Waals surface area contributed by atoms with Crippen molar-refractivity contribution in [3.63, 3.8) is 0 Å². The number of hydrogen-bond acceptors (Lipinski definition) is 3. The largest absolute Gasteiger partial charge is 0.477 e. The molecule has 1 heterocycles. The lowest BCUT2D eigenvalue weighted by Gasteiger charge is -2.08. The van der Waals surface area contributed by atoms with Gasteiger partial charge < -0.3 is 10.0 Å². The van der Waals surface area contributed by atoms with Crippen molar-refractivity contribution in [3.05, 3.63) is 35.2 Å². The van der Waals surface area contributed by atoms with Crippen LogP contribution in [0.4, 0.5) is 10.1 Å². The van der Waals surface area contributed by atoms with Crippen LogP contribution in [0.25, 0.3) is 5.57 Å². The van der Waals surface area contributed by atoms with E-state index in [0.717, 1.165) is 6.07 Å². The number of carbonyl (C=O) groups excluding carboxylic acids is 1. The Labute approximate surface area is 101 Å². The maximum Gasteiger partial charge on any atom is 0.347 e. The van der Waals surface area contributed by atoms with Crippen LogP contribution in [0, 0.1) is 17.1 Å². The molecule has 5 nitrogen and oxygen atoms in total. The van der Waals surface area contributed by atoms with Gasteiger partial charge in [0, 0.05) is 12.6 Å². The van der Waals surface area contributed by atoms with Gasteiger partial charge in [-0.2, -0.15) is 5.26 Å². The average Bonchev–Trinajstić information content (AvgIpc) is 2.54. The zero-order valence-corrected chi connectivity index (χ0v) is 9.27. The normalized spacial score (nSPS) is 16.3. The summed E-state index contributed by atoms with van der Waals surface area (Å²) >= 11 is 0. The molecule has 0 aromatic heterocycles. The van der Waals surface area contributed by atoms with Gasteiger partial charge in [0.25, 0.3) is 5.91 Å². The fourth-order valence-corrected chi connectivity index (χ4v) is 1.85. The zero-order chi connectivity index (χ0) is 13.4. The molecule has 0 unspecified atom stereocenters. The number of fused-ring (bicyclic) bond motifs is 1. The highest BCUT2D eigenvalue weighted by molar-refractivity contribution is 6.36. The molecule has 1 aromatic carbocycles. The summed E-state index contributed by atoms with van der Waals surface area (Å²) in [5.74, 6) is -2.74. The molecule has 0 atom stereocenters. The topological polar surface area (TPSA) is 81.4 Å². The number of halogens is 1. The molecule has 0 saturated heterocycles. The second-order valence-corrected chi connectivity index (χ2v) is 3.69. The molecule has 90 valence electrons. The van der Waals surface area contributed by atoms with Crippen LogP contribution >= 0.6 is 0 Å². The number of anilines is 1. The van der Waals surface area contributed by atoms with Crippen LogP contribution in [0.2, 0.25) is 0 Å². The third-order valence-corrected chi connectivity index (χ3v) is 2.68. The van der Waals surface area contributed by atoms with Gasteiger partial charge >= 0.3 is 5.97 Å². The summed E-state index contributed by atoms with van der Waals surface area (Å²) < 4.78 is 13.2. The number of carboxylic acid groups (broad SMARTS) is 1. The van der Waals surface area contributed by atoms with Crippen molar-refractivity contribution < 1.29 is 19.1 Å². The van der Waals surface area contributed by atoms with Crippen molar-refractivity contribution in [1.82, 2.24) is 0 Å². The Morgan fingerprint density at radius 3 is 2.72 bits per heavy atom. The highest BCUT2D eigenvalue weighted by Gasteiger charge is 2.34. The lowest BCUT2D eigenvalue weighted by molar-refractivity contribution is -0.132. The van der Waals surface area contributed by atoms with Crippen LogP contribution in [0.1, 0.15) is 5.56 Å². The molecule has 0 radical (unpaired) electrons. The molecule has 1 amide bonds. The molecule has 1 aromatic rings. The predicted molar refractivity (Wildman–Crippen MR) is 60.0 cm³/mol. The van der Waals surface area contributed by atoms with Gasteiger partial charge in [0.05, 0.1) is 11.3 Å². The minimum absolute atomic E-state index is 0.126. The third kappa shape index (κ3) is 1.53. The number of carboxylic acids is 1. The summed E-state index contributed by atoms with van der Waals surface area (Å²) in [6.45, 7) is 0. The lowest BCUT2D eigenvalue weighted by atomic mass is 10.0. The number of rotatable bonds is 1. The Morgan fingerprint density at radius 2 is 2.17 bits per heavy atom. The van der Waals surface area contributed by atoms with E-state index in [4.69, 9.17) is 10.4 Å². The number of aliphatic carboxylic acids is 1. The molecule has 0 saturated carbocycles. The van der Waals surface area contributed by atoms with Gasteiger partial charge in [0.1, 0.15) is 11.9 Å². The summed E-state index contributed by atoms with van der Waals surface area (Å²) in [5, 5.41) is 17.7. The molecule has 0 aliphatic carbocycles. The van der Waals surface area contributed by atoms with E-state index in [9.17, 15) is 14.0 Å². The van der Waals surface area contributed by atoms with Crippen LogP contribution in [0.3, 0.4) is 0 Å². The molecule has 1 aliphatic rings. The minimum Gasteiger partial charge on any atom is -0.477 e. The van der Waals surface area contributed by atoms with E-state index in [1.807, 2.05) is 0 Å². The number of hydrogen-bond donors (Lipinski definition) is 1. The maximum absolute atomic E-state index is 13.2. The van der Waals surface area contributed by atoms with Gasteiger partial charge in [-0.1, -0.05) is 0 Å². The van der Waals surface area contributed by atoms with E-state index >= 15 is 0 Å². The summed E-state index contributed by atoms with van der Waals surface area (Å²) in [6.07, 6.45) is 0. The molecule has 0 fully saturated rings. The monoisotopic (exact) mass is 246 g/mol. The first-order chi connectivity index (χ1) is 8.47. The van der Waals surface area contributed by atoms with Crippen LogP contribution in [-0.2, 0) is 9.59 Å². The first-order valence-electron chi connectivity index (χ1n) is 4.93. The van der Waals surface area contributed by atoms with Crippen molar-refractivity contribution in [2.75, 3.05) is 11.9 Å². The van der Waals surface area contributed by atoms with Crippen LogP contribution in [0.15, 0.2) is 23.8 Å². The fourth-order valence-electron chi connectivity index (χ4n) is 1.85. The summed E-state index contributed by atoms with van der Waals surface area (Å²) in [6, 6.07) is 5.05. The Morgan fingerprint density at radius 1 is 1.50 bits per heavy atom. The van der Waals surface area contributed by atoms with Crippen LogP contribution in [-0.4, -0.2) is 24.0 Å². The van der Waals surface area contributed by atoms with Crippen LogP contribution < -0.4 is 4.90 Å². The van der Waals surface area contributed by atoms with E-state index in [1.54, 1.807) is 0 Å². The maximum atomic E-state index is 13.2. The van der Waals surface area contributed by atoms with Gasteiger partial charge in [-0.25, -0.2) is 9.18 Å². The SMILES string of the molecule is CN1C(=O)/C(=C(\C#N)C(=O)O)c2cc(F)ccc21. The number of benzene rings is 1. The highest BCUT2D eigenvalue weighted by Crippen LogP contribution is 2.37. The molecule has 1 aliphatic heterocycles. The third-order valence-electron chi connectivity index (χ3n) is 2.68. The summed E-state index contributed by atoms with van der Waals surface area (Å²) in [7, 11) is 1.43. The van der Waals surface area contributed by atoms with Crippen LogP contribution in [0.5, 0.6) is 0 Å². The first kappa shape index (κ1) is 11.8. The van der Waals surface area contributed by atoms with E-state index < -0.39 is 23.3 Å². The Bertz CT molecular complexity index is 643. The molecule has 6 heteroatoms. The fraction of sp³-hybridized carbons (Fsp3) is 0.0833. The number of amides is 1. The van der Waals surface area contributed by atoms with Gasteiger partial charge in [-0.05, 0) is 18.2 Å². The Kier molecular flexibility index (Phi) is 2.60. The second-order valence-electron chi connectivity index (χ2n) is 3.69. The highest BCUT2D eigenvalue weighted by atomic mass is 19.1. The van der Waals surface area contributed by atoms with Gasteiger partial charge in [-0.3, -0.25) is 4.79 Å². The zero-order valence-electron chi connectivity index (χ0n) is 9.27. The summed E-state index contributed by atoms with van der Waals surface area (Å²) in [4.78, 5) is 24.0. The van der Waals surface area contributed by atoms with E-state index in [2.05, 4.69) is 0 Å². The average molecular weight is 246 g/mol.